The molecule has 1 saturated heterocycles. The van der Waals surface area contributed by atoms with Gasteiger partial charge in [0.15, 0.2) is 0 Å². The summed E-state index contributed by atoms with van der Waals surface area (Å²) in [5, 5.41) is 12.9. The molecular weight excluding hydrogens is 361 g/mol. The first-order chi connectivity index (χ1) is 13.3. The summed E-state index contributed by atoms with van der Waals surface area (Å²) >= 11 is 0. The number of hydrogen-bond donors (Lipinski definition) is 3. The lowest BCUT2D eigenvalue weighted by molar-refractivity contribution is -0.122. The number of aromatic nitrogens is 2. The average Bonchev–Trinajstić information content (AvgIpc) is 2.95. The quantitative estimate of drug-likeness (QED) is 0.734. The van der Waals surface area contributed by atoms with E-state index in [2.05, 4.69) is 25.7 Å². The van der Waals surface area contributed by atoms with Gasteiger partial charge in [0, 0.05) is 20.0 Å². The normalized spacial score (nSPS) is 16.6. The Labute approximate surface area is 163 Å². The number of carbonyl (C=O) groups is 2. The summed E-state index contributed by atoms with van der Waals surface area (Å²) in [4.78, 5) is 26.3. The van der Waals surface area contributed by atoms with Crippen LogP contribution < -0.4 is 10.6 Å². The molecule has 8 heteroatoms. The second kappa shape index (κ2) is 8.10. The van der Waals surface area contributed by atoms with Crippen molar-refractivity contribution < 1.29 is 14.0 Å². The van der Waals surface area contributed by atoms with Crippen molar-refractivity contribution in [1.82, 2.24) is 20.4 Å². The third kappa shape index (κ3) is 4.39. The van der Waals surface area contributed by atoms with Gasteiger partial charge in [0.25, 0.3) is 0 Å². The number of carbonyl (C=O) groups excluding carboxylic acids is 2. The highest BCUT2D eigenvalue weighted by Gasteiger charge is 2.37. The maximum absolute atomic E-state index is 13.3. The Morgan fingerprint density at radius 1 is 1.21 bits per heavy atom. The van der Waals surface area contributed by atoms with Gasteiger partial charge in [-0.25, -0.2) is 4.39 Å². The minimum Gasteiger partial charge on any atom is -0.347 e. The number of hydrogen-bond acceptors (Lipinski definition) is 4. The molecule has 28 heavy (non-hydrogen) atoms. The lowest BCUT2D eigenvalue weighted by atomic mass is 9.80. The van der Waals surface area contributed by atoms with Gasteiger partial charge in [-0.1, -0.05) is 12.1 Å². The van der Waals surface area contributed by atoms with Crippen LogP contribution in [0, 0.1) is 19.7 Å². The predicted octanol–water partition coefficient (Wildman–Crippen LogP) is 2.23. The Bertz CT molecular complexity index is 834. The van der Waals surface area contributed by atoms with Crippen LogP contribution in [0.15, 0.2) is 24.3 Å². The summed E-state index contributed by atoms with van der Waals surface area (Å²) in [5.74, 6) is -0.525. The molecule has 0 unspecified atom stereocenters. The number of likely N-dealkylation sites (tertiary alicyclic amines) is 1. The minimum absolute atomic E-state index is 0.0959. The monoisotopic (exact) mass is 387 g/mol. The number of nitrogens with one attached hydrogen (secondary N) is 3. The summed E-state index contributed by atoms with van der Waals surface area (Å²) in [6.45, 7) is 6.75. The van der Waals surface area contributed by atoms with E-state index in [1.807, 2.05) is 13.8 Å². The molecule has 1 aliphatic heterocycles. The summed E-state index contributed by atoms with van der Waals surface area (Å²) in [6, 6.07) is 6.26. The van der Waals surface area contributed by atoms with Crippen molar-refractivity contribution >= 4 is 17.5 Å². The number of rotatable bonds is 5. The van der Waals surface area contributed by atoms with Crippen molar-refractivity contribution in [2.45, 2.75) is 39.2 Å². The van der Waals surface area contributed by atoms with E-state index >= 15 is 0 Å². The fourth-order valence-electron chi connectivity index (χ4n) is 3.80. The molecule has 2 heterocycles. The molecule has 1 aromatic heterocycles. The first-order valence-corrected chi connectivity index (χ1v) is 9.38. The number of aromatic amines is 1. The second-order valence-corrected chi connectivity index (χ2v) is 7.40. The zero-order valence-corrected chi connectivity index (χ0v) is 16.4. The van der Waals surface area contributed by atoms with Crippen LogP contribution in [0.4, 0.5) is 10.1 Å². The van der Waals surface area contributed by atoms with E-state index in [0.717, 1.165) is 22.6 Å². The molecule has 3 N–H and O–H groups in total. The third-order valence-corrected chi connectivity index (χ3v) is 5.28. The fourth-order valence-corrected chi connectivity index (χ4v) is 3.80. The Hall–Kier alpha value is -2.74. The summed E-state index contributed by atoms with van der Waals surface area (Å²) < 4.78 is 13.3. The van der Waals surface area contributed by atoms with Crippen molar-refractivity contribution in [3.05, 3.63) is 47.0 Å². The van der Waals surface area contributed by atoms with Crippen LogP contribution in [0.25, 0.3) is 0 Å². The highest BCUT2D eigenvalue weighted by Crippen LogP contribution is 2.33. The fraction of sp³-hybridized carbons (Fsp3) is 0.450. The Kier molecular flexibility index (Phi) is 5.79. The molecule has 150 valence electrons. The van der Waals surface area contributed by atoms with Gasteiger partial charge in [0.1, 0.15) is 5.82 Å². The van der Waals surface area contributed by atoms with Gasteiger partial charge < -0.3 is 10.6 Å². The number of halogens is 1. The van der Waals surface area contributed by atoms with Crippen LogP contribution in [-0.2, 0) is 15.1 Å². The van der Waals surface area contributed by atoms with E-state index in [4.69, 9.17) is 0 Å². The van der Waals surface area contributed by atoms with E-state index in [1.54, 1.807) is 12.1 Å². The Balaban J connectivity index is 1.64. The molecular formula is C20H26FN5O2. The topological polar surface area (TPSA) is 90.1 Å². The lowest BCUT2D eigenvalue weighted by Crippen LogP contribution is -2.53. The number of amides is 2. The molecule has 0 aliphatic carbocycles. The standard InChI is InChI=1S/C20H26FN5O2/c1-13-19(14(2)25-24-13)22-18(28)12-26-10-8-20(9-11-26,23-15(3)27)16-4-6-17(21)7-5-16/h4-7H,8-12H2,1-3H3,(H,22,28)(H,23,27)(H,24,25). The number of nitrogens with zero attached hydrogens (tertiary/aromatic N) is 2. The average molecular weight is 387 g/mol. The summed E-state index contributed by atoms with van der Waals surface area (Å²) in [5.41, 5.74) is 2.65. The van der Waals surface area contributed by atoms with Crippen LogP contribution in [0.2, 0.25) is 0 Å². The highest BCUT2D eigenvalue weighted by atomic mass is 19.1. The van der Waals surface area contributed by atoms with E-state index in [0.29, 0.717) is 25.9 Å². The van der Waals surface area contributed by atoms with Gasteiger partial charge in [0.2, 0.25) is 11.8 Å². The van der Waals surface area contributed by atoms with Gasteiger partial charge in [-0.2, -0.15) is 5.10 Å². The van der Waals surface area contributed by atoms with Gasteiger partial charge in [-0.3, -0.25) is 19.6 Å². The van der Waals surface area contributed by atoms with Crippen molar-refractivity contribution in [2.24, 2.45) is 0 Å². The van der Waals surface area contributed by atoms with Crippen molar-refractivity contribution in [3.63, 3.8) is 0 Å². The van der Waals surface area contributed by atoms with E-state index in [-0.39, 0.29) is 24.2 Å². The molecule has 1 aromatic carbocycles. The zero-order valence-electron chi connectivity index (χ0n) is 16.4. The van der Waals surface area contributed by atoms with E-state index in [9.17, 15) is 14.0 Å². The Morgan fingerprint density at radius 2 is 1.86 bits per heavy atom. The van der Waals surface area contributed by atoms with Crippen LogP contribution in [0.3, 0.4) is 0 Å². The van der Waals surface area contributed by atoms with E-state index < -0.39 is 5.54 Å². The van der Waals surface area contributed by atoms with Crippen molar-refractivity contribution in [1.29, 1.82) is 0 Å². The third-order valence-electron chi connectivity index (χ3n) is 5.28. The first kappa shape index (κ1) is 20.0. The summed E-state index contributed by atoms with van der Waals surface area (Å²) in [6.07, 6.45) is 1.30. The van der Waals surface area contributed by atoms with Gasteiger partial charge in [-0.05, 0) is 44.4 Å². The lowest BCUT2D eigenvalue weighted by Gasteiger charge is -2.42. The maximum atomic E-state index is 13.3. The largest absolute Gasteiger partial charge is 0.347 e. The molecule has 0 atom stereocenters. The molecule has 0 spiro atoms. The van der Waals surface area contributed by atoms with Crippen molar-refractivity contribution in [3.8, 4) is 0 Å². The SMILES string of the molecule is CC(=O)NC1(c2ccc(F)cc2)CCN(CC(=O)Nc2c(C)n[nH]c2C)CC1. The number of benzene rings is 1. The maximum Gasteiger partial charge on any atom is 0.238 e. The number of H-pyrrole nitrogens is 1. The molecule has 0 radical (unpaired) electrons. The van der Waals surface area contributed by atoms with Gasteiger partial charge in [-0.15, -0.1) is 0 Å². The van der Waals surface area contributed by atoms with Crippen LogP contribution in [-0.4, -0.2) is 46.5 Å². The van der Waals surface area contributed by atoms with Gasteiger partial charge in [0.05, 0.1) is 29.2 Å². The number of anilines is 1. The van der Waals surface area contributed by atoms with Crippen molar-refractivity contribution in [2.75, 3.05) is 25.0 Å². The molecule has 0 bridgehead atoms. The molecule has 7 nitrogen and oxygen atoms in total. The molecule has 3 rings (SSSR count). The number of piperidine rings is 1. The minimum atomic E-state index is -0.537. The molecule has 1 aliphatic rings. The molecule has 1 fully saturated rings. The van der Waals surface area contributed by atoms with Crippen LogP contribution in [0.5, 0.6) is 0 Å². The smallest absolute Gasteiger partial charge is 0.238 e. The predicted molar refractivity (Wildman–Crippen MR) is 104 cm³/mol. The van der Waals surface area contributed by atoms with Crippen LogP contribution in [0.1, 0.15) is 36.7 Å². The van der Waals surface area contributed by atoms with Crippen LogP contribution >= 0.6 is 0 Å². The first-order valence-electron chi connectivity index (χ1n) is 9.38. The van der Waals surface area contributed by atoms with E-state index in [1.165, 1.54) is 19.1 Å². The highest BCUT2D eigenvalue weighted by molar-refractivity contribution is 5.93. The molecule has 2 aromatic rings. The zero-order chi connectivity index (χ0) is 20.3. The molecule has 2 amide bonds. The van der Waals surface area contributed by atoms with Gasteiger partial charge >= 0.3 is 0 Å². The second-order valence-electron chi connectivity index (χ2n) is 7.40. The Morgan fingerprint density at radius 3 is 2.39 bits per heavy atom. The molecule has 0 saturated carbocycles. The number of aryl methyl sites for hydroxylation is 2. The summed E-state index contributed by atoms with van der Waals surface area (Å²) in [7, 11) is 0.